The molecule has 0 unspecified atom stereocenters. The predicted octanol–water partition coefficient (Wildman–Crippen LogP) is 1.29. The Morgan fingerprint density at radius 2 is 1.19 bits per heavy atom. The molecule has 0 saturated heterocycles. The van der Waals surface area contributed by atoms with Crippen molar-refractivity contribution < 1.29 is 19.1 Å². The molecule has 2 aromatic carbocycles. The number of carbonyl (C=O) groups excluding carboxylic acids is 2. The van der Waals surface area contributed by atoms with Gasteiger partial charge in [0.25, 0.3) is 11.8 Å². The summed E-state index contributed by atoms with van der Waals surface area (Å²) in [6.45, 7) is -0.891. The first-order valence-electron chi connectivity index (χ1n) is 9.04. The number of hydrogen-bond acceptors (Lipinski definition) is 8. The normalized spacial score (nSPS) is 10.6. The summed E-state index contributed by atoms with van der Waals surface area (Å²) in [4.78, 5) is 34.7. The van der Waals surface area contributed by atoms with Crippen LogP contribution in [-0.2, 0) is 9.59 Å². The molecule has 0 aromatic heterocycles. The minimum atomic E-state index is -0.612. The third kappa shape index (κ3) is 8.31. The molecular weight excluding hydrogens is 404 g/mol. The molecule has 0 aliphatic carbocycles. The van der Waals surface area contributed by atoms with E-state index in [1.807, 2.05) is 0 Å². The zero-order chi connectivity index (χ0) is 22.5. The molecule has 11 nitrogen and oxygen atoms in total. The van der Waals surface area contributed by atoms with E-state index in [1.54, 1.807) is 62.8 Å². The predicted molar refractivity (Wildman–Crippen MR) is 115 cm³/mol. The first-order chi connectivity index (χ1) is 15.0. The molecule has 2 amide bonds. The van der Waals surface area contributed by atoms with E-state index in [2.05, 4.69) is 26.3 Å². The Hall–Kier alpha value is -4.28. The van der Waals surface area contributed by atoms with Crippen LogP contribution in [-0.4, -0.2) is 56.6 Å². The van der Waals surface area contributed by atoms with Crippen molar-refractivity contribution >= 4 is 24.2 Å². The Labute approximate surface area is 178 Å². The molecule has 0 aliphatic rings. The van der Waals surface area contributed by atoms with Crippen LogP contribution in [0.3, 0.4) is 0 Å². The molecule has 31 heavy (non-hydrogen) atoms. The van der Waals surface area contributed by atoms with Crippen LogP contribution >= 0.6 is 0 Å². The third-order valence-electron chi connectivity index (χ3n) is 3.81. The number of ether oxygens (including phenoxy) is 2. The lowest BCUT2D eigenvalue weighted by atomic mass is 10.2. The summed E-state index contributed by atoms with van der Waals surface area (Å²) >= 11 is 0. The third-order valence-corrected chi connectivity index (χ3v) is 3.81. The van der Waals surface area contributed by atoms with Crippen LogP contribution in [0, 0.1) is 4.91 Å². The zero-order valence-corrected chi connectivity index (χ0v) is 17.0. The van der Waals surface area contributed by atoms with Gasteiger partial charge in [-0.3, -0.25) is 9.59 Å². The van der Waals surface area contributed by atoms with Crippen LogP contribution < -0.4 is 20.3 Å². The fraction of sp³-hybridized carbons (Fsp3) is 0.200. The second kappa shape index (κ2) is 12.3. The molecule has 2 aromatic rings. The second-order valence-corrected chi connectivity index (χ2v) is 6.04. The summed E-state index contributed by atoms with van der Waals surface area (Å²) in [6, 6.07) is 14.0. The SMILES string of the molecule is COc1ccc(/C=N\NC(=O)CN(CC(=O)N/N=C\c2ccc(OC)cc2)N=O)cc1. The summed E-state index contributed by atoms with van der Waals surface area (Å²) < 4.78 is 10.1. The first-order valence-corrected chi connectivity index (χ1v) is 9.04. The van der Waals surface area contributed by atoms with E-state index in [1.165, 1.54) is 12.4 Å². The maximum absolute atomic E-state index is 11.9. The standard InChI is InChI=1S/C20H22N6O5/c1-30-17-7-3-15(4-8-17)11-21-23-19(27)13-26(25-29)14-20(28)24-22-12-16-5-9-18(31-2)10-6-16/h3-12H,13-14H2,1-2H3,(H,23,27)(H,24,28)/b21-11-,22-12-. The molecule has 2 rings (SSSR count). The summed E-state index contributed by atoms with van der Waals surface area (Å²) in [5, 5.41) is 11.0. The average Bonchev–Trinajstić information content (AvgIpc) is 2.79. The molecule has 0 bridgehead atoms. The number of nitroso groups, excluding NO2 is 1. The largest absolute Gasteiger partial charge is 0.497 e. The number of rotatable bonds is 11. The minimum Gasteiger partial charge on any atom is -0.497 e. The maximum atomic E-state index is 11.9. The van der Waals surface area contributed by atoms with Gasteiger partial charge < -0.3 is 9.47 Å². The van der Waals surface area contributed by atoms with E-state index < -0.39 is 24.9 Å². The van der Waals surface area contributed by atoms with Crippen molar-refractivity contribution in [2.45, 2.75) is 0 Å². The van der Waals surface area contributed by atoms with Gasteiger partial charge in [-0.2, -0.15) is 10.2 Å². The number of nitrogens with one attached hydrogen (secondary N) is 2. The smallest absolute Gasteiger partial charge is 0.261 e. The molecule has 0 atom stereocenters. The molecule has 0 fully saturated rings. The van der Waals surface area contributed by atoms with E-state index >= 15 is 0 Å². The highest BCUT2D eigenvalue weighted by atomic mass is 16.5. The Kier molecular flexibility index (Phi) is 9.14. The second-order valence-electron chi connectivity index (χ2n) is 6.04. The number of hydrazone groups is 2. The van der Waals surface area contributed by atoms with E-state index in [9.17, 15) is 14.5 Å². The van der Waals surface area contributed by atoms with Gasteiger partial charge in [-0.05, 0) is 59.7 Å². The molecule has 0 saturated carbocycles. The number of hydrogen-bond donors (Lipinski definition) is 2. The fourth-order valence-corrected chi connectivity index (χ4v) is 2.25. The number of methoxy groups -OCH3 is 2. The molecule has 162 valence electrons. The quantitative estimate of drug-likeness (QED) is 0.316. The average molecular weight is 426 g/mol. The van der Waals surface area contributed by atoms with Crippen LogP contribution in [0.25, 0.3) is 0 Å². The van der Waals surface area contributed by atoms with Gasteiger partial charge in [-0.15, -0.1) is 4.91 Å². The highest BCUT2D eigenvalue weighted by Crippen LogP contribution is 2.10. The lowest BCUT2D eigenvalue weighted by Gasteiger charge is -2.12. The van der Waals surface area contributed by atoms with Crippen molar-refractivity contribution in [1.82, 2.24) is 15.9 Å². The van der Waals surface area contributed by atoms with Gasteiger partial charge in [0, 0.05) is 0 Å². The summed E-state index contributed by atoms with van der Waals surface area (Å²) in [5.41, 5.74) is 5.99. The Morgan fingerprint density at radius 1 is 0.806 bits per heavy atom. The maximum Gasteiger partial charge on any atom is 0.261 e. The molecule has 0 radical (unpaired) electrons. The van der Waals surface area contributed by atoms with Crippen molar-refractivity contribution in [3.05, 3.63) is 64.6 Å². The van der Waals surface area contributed by atoms with Crippen molar-refractivity contribution in [3.8, 4) is 11.5 Å². The van der Waals surface area contributed by atoms with E-state index in [0.717, 1.165) is 16.1 Å². The Bertz CT molecular complexity index is 855. The Morgan fingerprint density at radius 3 is 1.52 bits per heavy atom. The summed E-state index contributed by atoms with van der Waals surface area (Å²) in [7, 11) is 3.12. The lowest BCUT2D eigenvalue weighted by Crippen LogP contribution is -2.38. The number of nitrogens with zero attached hydrogens (tertiary/aromatic N) is 4. The molecule has 0 spiro atoms. The monoisotopic (exact) mass is 426 g/mol. The van der Waals surface area contributed by atoms with E-state index in [0.29, 0.717) is 11.5 Å². The van der Waals surface area contributed by atoms with Gasteiger partial charge in [-0.1, -0.05) is 0 Å². The van der Waals surface area contributed by atoms with Gasteiger partial charge in [0.2, 0.25) is 0 Å². The van der Waals surface area contributed by atoms with Gasteiger partial charge in [0.15, 0.2) is 0 Å². The van der Waals surface area contributed by atoms with Crippen molar-refractivity contribution in [1.29, 1.82) is 0 Å². The van der Waals surface area contributed by atoms with E-state index in [-0.39, 0.29) is 0 Å². The van der Waals surface area contributed by atoms with Crippen LogP contribution in [0.5, 0.6) is 11.5 Å². The molecule has 11 heteroatoms. The van der Waals surface area contributed by atoms with Gasteiger partial charge >= 0.3 is 0 Å². The number of benzene rings is 2. The van der Waals surface area contributed by atoms with Crippen LogP contribution in [0.2, 0.25) is 0 Å². The summed E-state index contributed by atoms with van der Waals surface area (Å²) in [5.74, 6) is 0.166. The number of amides is 2. The van der Waals surface area contributed by atoms with Crippen molar-refractivity contribution in [2.75, 3.05) is 27.3 Å². The van der Waals surface area contributed by atoms with Gasteiger partial charge in [0.05, 0.1) is 31.9 Å². The zero-order valence-electron chi connectivity index (χ0n) is 17.0. The van der Waals surface area contributed by atoms with E-state index in [4.69, 9.17) is 9.47 Å². The van der Waals surface area contributed by atoms with Gasteiger partial charge in [-0.25, -0.2) is 15.9 Å². The molecule has 0 aliphatic heterocycles. The van der Waals surface area contributed by atoms with Crippen LogP contribution in [0.15, 0.2) is 64.0 Å². The highest BCUT2D eigenvalue weighted by molar-refractivity contribution is 5.85. The topological polar surface area (TPSA) is 134 Å². The summed E-state index contributed by atoms with van der Waals surface area (Å²) in [6.07, 6.45) is 2.85. The highest BCUT2D eigenvalue weighted by Gasteiger charge is 2.13. The molecule has 0 heterocycles. The van der Waals surface area contributed by atoms with Crippen LogP contribution in [0.1, 0.15) is 11.1 Å². The Balaban J connectivity index is 1.75. The number of carbonyl (C=O) groups is 2. The first kappa shape index (κ1) is 23.0. The molecular formula is C20H22N6O5. The van der Waals surface area contributed by atoms with Crippen molar-refractivity contribution in [3.63, 3.8) is 0 Å². The van der Waals surface area contributed by atoms with Gasteiger partial charge in [0.1, 0.15) is 24.6 Å². The molecule has 2 N–H and O–H groups in total. The van der Waals surface area contributed by atoms with Crippen LogP contribution in [0.4, 0.5) is 0 Å². The fourth-order valence-electron chi connectivity index (χ4n) is 2.25. The van der Waals surface area contributed by atoms with Crippen molar-refractivity contribution in [2.24, 2.45) is 15.5 Å². The minimum absolute atomic E-state index is 0.445. The lowest BCUT2D eigenvalue weighted by molar-refractivity contribution is -0.125.